The molecule has 1 heterocycles. The van der Waals surface area contributed by atoms with Crippen LogP contribution in [0.1, 0.15) is 45.0 Å². The molecule has 5 heteroatoms. The predicted molar refractivity (Wildman–Crippen MR) is 188 cm³/mol. The Bertz CT molecular complexity index is 1910. The molecule has 240 valence electrons. The third-order valence-electron chi connectivity index (χ3n) is 8.50. The first kappa shape index (κ1) is 31.1. The first-order chi connectivity index (χ1) is 23.7. The van der Waals surface area contributed by atoms with Gasteiger partial charge < -0.3 is 24.1 Å². The molecule has 5 nitrogen and oxygen atoms in total. The second-order valence-corrected chi connectivity index (χ2v) is 12.1. The van der Waals surface area contributed by atoms with E-state index in [1.165, 1.54) is 5.56 Å². The SMILES string of the molecule is OC1Cc2c(OCc3ccccc3)cc(Cc3ccccc3)cc2OC1c1ccc(OCc2ccccc2)c(OCc2ccccc2)c1. The molecule has 0 spiro atoms. The molecule has 1 N–H and O–H groups in total. The summed E-state index contributed by atoms with van der Waals surface area (Å²) in [5.41, 5.74) is 7.15. The van der Waals surface area contributed by atoms with Crippen LogP contribution in [0.4, 0.5) is 0 Å². The maximum absolute atomic E-state index is 11.6. The normalized spacial score (nSPS) is 15.2. The van der Waals surface area contributed by atoms with Gasteiger partial charge in [0.25, 0.3) is 0 Å². The lowest BCUT2D eigenvalue weighted by atomic mass is 9.92. The van der Waals surface area contributed by atoms with Crippen molar-refractivity contribution in [3.05, 3.63) is 191 Å². The number of ether oxygens (including phenoxy) is 4. The van der Waals surface area contributed by atoms with Crippen molar-refractivity contribution in [2.24, 2.45) is 0 Å². The zero-order chi connectivity index (χ0) is 32.5. The molecule has 0 aromatic heterocycles. The molecule has 1 aliphatic heterocycles. The lowest BCUT2D eigenvalue weighted by molar-refractivity contribution is 0.0194. The number of rotatable bonds is 12. The summed E-state index contributed by atoms with van der Waals surface area (Å²) < 4.78 is 25.7. The summed E-state index contributed by atoms with van der Waals surface area (Å²) in [6.07, 6.45) is -0.275. The fourth-order valence-corrected chi connectivity index (χ4v) is 6.00. The van der Waals surface area contributed by atoms with Gasteiger partial charge in [0.2, 0.25) is 0 Å². The molecule has 0 bridgehead atoms. The van der Waals surface area contributed by atoms with Crippen molar-refractivity contribution in [2.45, 2.75) is 44.9 Å². The van der Waals surface area contributed by atoms with Crippen molar-refractivity contribution in [3.8, 4) is 23.0 Å². The van der Waals surface area contributed by atoms with E-state index < -0.39 is 12.2 Å². The van der Waals surface area contributed by atoms with Gasteiger partial charge in [-0.2, -0.15) is 0 Å². The number of hydrogen-bond donors (Lipinski definition) is 1. The van der Waals surface area contributed by atoms with Gasteiger partial charge in [0.1, 0.15) is 37.4 Å². The lowest BCUT2D eigenvalue weighted by Crippen LogP contribution is -2.30. The summed E-state index contributed by atoms with van der Waals surface area (Å²) in [7, 11) is 0. The molecule has 1 aliphatic rings. The lowest BCUT2D eigenvalue weighted by Gasteiger charge is -2.32. The second kappa shape index (κ2) is 14.9. The van der Waals surface area contributed by atoms with Crippen LogP contribution in [-0.2, 0) is 32.7 Å². The topological polar surface area (TPSA) is 57.2 Å². The predicted octanol–water partition coefficient (Wildman–Crippen LogP) is 9.05. The molecule has 7 rings (SSSR count). The summed E-state index contributed by atoms with van der Waals surface area (Å²) in [5.74, 6) is 2.68. The Morgan fingerprint density at radius 2 is 1.00 bits per heavy atom. The third-order valence-corrected chi connectivity index (χ3v) is 8.50. The Hall–Kier alpha value is -5.52. The first-order valence-corrected chi connectivity index (χ1v) is 16.4. The Labute approximate surface area is 282 Å². The average molecular weight is 635 g/mol. The van der Waals surface area contributed by atoms with Gasteiger partial charge in [0, 0.05) is 12.0 Å². The van der Waals surface area contributed by atoms with E-state index in [9.17, 15) is 5.11 Å². The fourth-order valence-electron chi connectivity index (χ4n) is 6.00. The van der Waals surface area contributed by atoms with Crippen molar-refractivity contribution in [3.63, 3.8) is 0 Å². The first-order valence-electron chi connectivity index (χ1n) is 16.4. The molecule has 2 atom stereocenters. The van der Waals surface area contributed by atoms with Gasteiger partial charge in [-0.15, -0.1) is 0 Å². The molecular formula is C43H38O5. The molecule has 0 aliphatic carbocycles. The minimum Gasteiger partial charge on any atom is -0.488 e. The Morgan fingerprint density at radius 3 is 1.56 bits per heavy atom. The van der Waals surface area contributed by atoms with E-state index in [0.717, 1.165) is 51.3 Å². The van der Waals surface area contributed by atoms with Crippen LogP contribution in [-0.4, -0.2) is 11.2 Å². The maximum Gasteiger partial charge on any atom is 0.162 e. The number of benzene rings is 6. The van der Waals surface area contributed by atoms with Crippen LogP contribution in [0.3, 0.4) is 0 Å². The van der Waals surface area contributed by atoms with E-state index in [0.29, 0.717) is 37.7 Å². The van der Waals surface area contributed by atoms with Crippen molar-refractivity contribution in [2.75, 3.05) is 0 Å². The average Bonchev–Trinajstić information content (AvgIpc) is 3.14. The highest BCUT2D eigenvalue weighted by Gasteiger charge is 2.33. The van der Waals surface area contributed by atoms with E-state index in [1.807, 2.05) is 127 Å². The van der Waals surface area contributed by atoms with Crippen molar-refractivity contribution in [1.82, 2.24) is 0 Å². The van der Waals surface area contributed by atoms with E-state index in [4.69, 9.17) is 18.9 Å². The number of aliphatic hydroxyl groups excluding tert-OH is 1. The fraction of sp³-hybridized carbons (Fsp3) is 0.163. The van der Waals surface area contributed by atoms with Crippen molar-refractivity contribution >= 4 is 0 Å². The van der Waals surface area contributed by atoms with Gasteiger partial charge >= 0.3 is 0 Å². The standard InChI is InChI=1S/C43H38O5/c44-38-27-37-40(46-29-33-17-9-3-10-18-33)24-35(23-31-13-5-1-6-14-31)25-41(37)48-43(38)36-21-22-39(45-28-32-15-7-2-8-16-32)42(26-36)47-30-34-19-11-4-12-20-34/h1-22,24-26,38,43-44H,23,27-30H2. The van der Waals surface area contributed by atoms with Crippen LogP contribution >= 0.6 is 0 Å². The van der Waals surface area contributed by atoms with Gasteiger partial charge in [-0.05, 0) is 64.1 Å². The summed E-state index contributed by atoms with van der Waals surface area (Å²) in [6, 6.07) is 50.5. The van der Waals surface area contributed by atoms with Gasteiger partial charge in [-0.1, -0.05) is 127 Å². The number of fused-ring (bicyclic) bond motifs is 1. The van der Waals surface area contributed by atoms with Gasteiger partial charge in [-0.3, -0.25) is 0 Å². The number of hydrogen-bond acceptors (Lipinski definition) is 5. The molecule has 0 saturated heterocycles. The van der Waals surface area contributed by atoms with Gasteiger partial charge in [0.15, 0.2) is 11.5 Å². The largest absolute Gasteiger partial charge is 0.488 e. The summed E-state index contributed by atoms with van der Waals surface area (Å²) in [6.45, 7) is 1.22. The highest BCUT2D eigenvalue weighted by atomic mass is 16.5. The molecule has 48 heavy (non-hydrogen) atoms. The van der Waals surface area contributed by atoms with Crippen molar-refractivity contribution < 1.29 is 24.1 Å². The Kier molecular flexibility index (Phi) is 9.67. The Morgan fingerprint density at radius 1 is 0.500 bits per heavy atom. The molecule has 0 fully saturated rings. The van der Waals surface area contributed by atoms with E-state index in [-0.39, 0.29) is 0 Å². The van der Waals surface area contributed by atoms with Crippen LogP contribution in [0, 0.1) is 0 Å². The van der Waals surface area contributed by atoms with E-state index in [1.54, 1.807) is 0 Å². The summed E-state index contributed by atoms with van der Waals surface area (Å²) in [4.78, 5) is 0. The third kappa shape index (κ3) is 7.71. The van der Waals surface area contributed by atoms with E-state index >= 15 is 0 Å². The highest BCUT2D eigenvalue weighted by Crippen LogP contribution is 2.43. The molecule has 6 aromatic rings. The van der Waals surface area contributed by atoms with Crippen LogP contribution in [0.2, 0.25) is 0 Å². The molecule has 0 saturated carbocycles. The maximum atomic E-state index is 11.6. The van der Waals surface area contributed by atoms with Gasteiger partial charge in [0.05, 0.1) is 6.10 Å². The second-order valence-electron chi connectivity index (χ2n) is 12.1. The van der Waals surface area contributed by atoms with Crippen LogP contribution in [0.15, 0.2) is 152 Å². The molecule has 0 amide bonds. The molecule has 0 radical (unpaired) electrons. The van der Waals surface area contributed by atoms with Crippen molar-refractivity contribution in [1.29, 1.82) is 0 Å². The summed E-state index contributed by atoms with van der Waals surface area (Å²) in [5, 5.41) is 11.6. The molecular weight excluding hydrogens is 596 g/mol. The smallest absolute Gasteiger partial charge is 0.162 e. The van der Waals surface area contributed by atoms with Crippen LogP contribution in [0.25, 0.3) is 0 Å². The van der Waals surface area contributed by atoms with E-state index in [2.05, 4.69) is 24.3 Å². The zero-order valence-corrected chi connectivity index (χ0v) is 26.7. The quantitative estimate of drug-likeness (QED) is 0.146. The minimum absolute atomic E-state index is 0.383. The molecule has 6 aromatic carbocycles. The van der Waals surface area contributed by atoms with Crippen LogP contribution < -0.4 is 18.9 Å². The summed E-state index contributed by atoms with van der Waals surface area (Å²) >= 11 is 0. The number of aliphatic hydroxyl groups is 1. The Balaban J connectivity index is 1.18. The highest BCUT2D eigenvalue weighted by molar-refractivity contribution is 5.52. The van der Waals surface area contributed by atoms with Gasteiger partial charge in [-0.25, -0.2) is 0 Å². The van der Waals surface area contributed by atoms with Crippen LogP contribution in [0.5, 0.6) is 23.0 Å². The monoisotopic (exact) mass is 634 g/mol. The minimum atomic E-state index is -0.797. The molecule has 2 unspecified atom stereocenters. The zero-order valence-electron chi connectivity index (χ0n) is 26.7.